The van der Waals surface area contributed by atoms with Gasteiger partial charge in [-0.05, 0) is 34.1 Å². The van der Waals surface area contributed by atoms with Crippen LogP contribution in [0.2, 0.25) is 0 Å². The number of rotatable bonds is 3. The maximum Gasteiger partial charge on any atom is 0.325 e. The molecule has 7 nitrogen and oxygen atoms in total. The Morgan fingerprint density at radius 3 is 2.64 bits per heavy atom. The fraction of sp³-hybridized carbons (Fsp3) is 0.667. The van der Waals surface area contributed by atoms with Gasteiger partial charge in [0.25, 0.3) is 5.91 Å². The Bertz CT molecular complexity index is 605. The number of aryl methyl sites for hydroxylation is 2. The number of nitrogens with zero attached hydrogens (tertiary/aromatic N) is 3. The number of nitrogens with one attached hydrogen (secondary N) is 1. The second kappa shape index (κ2) is 5.08. The zero-order chi connectivity index (χ0) is 16.1. The van der Waals surface area contributed by atoms with Crippen molar-refractivity contribution in [2.45, 2.75) is 52.2 Å². The maximum atomic E-state index is 12.6. The van der Waals surface area contributed by atoms with Gasteiger partial charge in [-0.15, -0.1) is 0 Å². The summed E-state index contributed by atoms with van der Waals surface area (Å²) in [6, 6.07) is -0.400. The number of aromatic nitrogens is 1. The van der Waals surface area contributed by atoms with Crippen molar-refractivity contribution in [1.82, 2.24) is 20.3 Å². The van der Waals surface area contributed by atoms with Crippen LogP contribution in [0.15, 0.2) is 4.52 Å². The normalized spacial score (nSPS) is 25.8. The lowest BCUT2D eigenvalue weighted by Gasteiger charge is -2.23. The van der Waals surface area contributed by atoms with Crippen molar-refractivity contribution in [2.75, 3.05) is 13.1 Å². The van der Waals surface area contributed by atoms with Gasteiger partial charge in [-0.1, -0.05) is 5.16 Å². The summed E-state index contributed by atoms with van der Waals surface area (Å²) in [5.41, 5.74) is 1.18. The molecule has 120 valence electrons. The van der Waals surface area contributed by atoms with Crippen molar-refractivity contribution >= 4 is 11.9 Å². The fourth-order valence-corrected chi connectivity index (χ4v) is 3.36. The van der Waals surface area contributed by atoms with Crippen molar-refractivity contribution in [3.8, 4) is 0 Å². The zero-order valence-electron chi connectivity index (χ0n) is 13.5. The molecule has 3 heterocycles. The van der Waals surface area contributed by atoms with Gasteiger partial charge in [-0.25, -0.2) is 4.79 Å². The van der Waals surface area contributed by atoms with E-state index in [9.17, 15) is 9.59 Å². The number of carbonyl (C=O) groups excluding carboxylic acids is 2. The van der Waals surface area contributed by atoms with Gasteiger partial charge >= 0.3 is 6.03 Å². The van der Waals surface area contributed by atoms with E-state index in [-0.39, 0.29) is 18.0 Å². The van der Waals surface area contributed by atoms with Gasteiger partial charge < -0.3 is 9.84 Å². The van der Waals surface area contributed by atoms with E-state index in [1.54, 1.807) is 0 Å². The van der Waals surface area contributed by atoms with E-state index in [0.717, 1.165) is 23.6 Å². The summed E-state index contributed by atoms with van der Waals surface area (Å²) in [5.74, 6) is 0.706. The maximum absolute atomic E-state index is 12.6. The first-order valence-electron chi connectivity index (χ1n) is 7.64. The van der Waals surface area contributed by atoms with Crippen LogP contribution in [0, 0.1) is 13.8 Å². The second-order valence-electron chi connectivity index (χ2n) is 6.54. The topological polar surface area (TPSA) is 78.7 Å². The molecular weight excluding hydrogens is 284 g/mol. The first-order valence-corrected chi connectivity index (χ1v) is 7.64. The predicted molar refractivity (Wildman–Crippen MR) is 79.1 cm³/mol. The molecule has 1 atom stereocenters. The van der Waals surface area contributed by atoms with Gasteiger partial charge in [-0.2, -0.15) is 0 Å². The van der Waals surface area contributed by atoms with E-state index in [1.807, 2.05) is 27.7 Å². The van der Waals surface area contributed by atoms with Crippen molar-refractivity contribution in [2.24, 2.45) is 0 Å². The fourth-order valence-electron chi connectivity index (χ4n) is 3.36. The molecule has 7 heteroatoms. The highest BCUT2D eigenvalue weighted by molar-refractivity contribution is 6.07. The predicted octanol–water partition coefficient (Wildman–Crippen LogP) is 1.20. The summed E-state index contributed by atoms with van der Waals surface area (Å²) < 4.78 is 5.19. The third-order valence-corrected chi connectivity index (χ3v) is 4.62. The molecule has 2 aliphatic heterocycles. The van der Waals surface area contributed by atoms with E-state index in [1.165, 1.54) is 4.90 Å². The average Bonchev–Trinajstić information content (AvgIpc) is 3.05. The van der Waals surface area contributed by atoms with E-state index < -0.39 is 5.54 Å². The molecule has 2 fully saturated rings. The molecule has 1 aromatic heterocycles. The zero-order valence-corrected chi connectivity index (χ0v) is 13.5. The minimum Gasteiger partial charge on any atom is -0.361 e. The molecule has 0 bridgehead atoms. The highest BCUT2D eigenvalue weighted by Crippen LogP contribution is 2.31. The van der Waals surface area contributed by atoms with Crippen molar-refractivity contribution < 1.29 is 14.1 Å². The van der Waals surface area contributed by atoms with Gasteiger partial charge in [0, 0.05) is 31.2 Å². The van der Waals surface area contributed by atoms with Gasteiger partial charge in [-0.3, -0.25) is 14.6 Å². The number of amides is 3. The minimum atomic E-state index is -0.764. The van der Waals surface area contributed by atoms with Crippen LogP contribution < -0.4 is 5.32 Å². The third kappa shape index (κ3) is 2.20. The van der Waals surface area contributed by atoms with Crippen molar-refractivity contribution in [3.05, 3.63) is 17.0 Å². The Hall–Kier alpha value is -1.89. The van der Waals surface area contributed by atoms with Crippen LogP contribution in [0.4, 0.5) is 4.79 Å². The van der Waals surface area contributed by atoms with Crippen molar-refractivity contribution in [1.29, 1.82) is 0 Å². The molecular formula is C15H22N4O3. The molecule has 1 spiro atoms. The number of carbonyl (C=O) groups is 2. The minimum absolute atomic E-state index is 0.103. The average molecular weight is 306 g/mol. The van der Waals surface area contributed by atoms with Gasteiger partial charge in [0.05, 0.1) is 5.69 Å². The van der Waals surface area contributed by atoms with Crippen LogP contribution in [0.25, 0.3) is 0 Å². The van der Waals surface area contributed by atoms with Crippen LogP contribution in [0.1, 0.15) is 37.3 Å². The summed E-state index contributed by atoms with van der Waals surface area (Å²) in [5, 5.41) is 6.87. The molecule has 0 saturated carbocycles. The van der Waals surface area contributed by atoms with Crippen LogP contribution in [-0.2, 0) is 11.3 Å². The van der Waals surface area contributed by atoms with E-state index in [0.29, 0.717) is 19.5 Å². The van der Waals surface area contributed by atoms with Gasteiger partial charge in [0.1, 0.15) is 11.3 Å². The lowest BCUT2D eigenvalue weighted by atomic mass is 9.98. The molecule has 0 aliphatic carbocycles. The number of urea groups is 1. The van der Waals surface area contributed by atoms with E-state index in [2.05, 4.69) is 15.4 Å². The molecule has 2 aliphatic rings. The third-order valence-electron chi connectivity index (χ3n) is 4.62. The first kappa shape index (κ1) is 15.0. The highest BCUT2D eigenvalue weighted by atomic mass is 16.5. The molecule has 1 aromatic rings. The molecule has 2 saturated heterocycles. The summed E-state index contributed by atoms with van der Waals surface area (Å²) >= 11 is 0. The summed E-state index contributed by atoms with van der Waals surface area (Å²) in [4.78, 5) is 28.2. The largest absolute Gasteiger partial charge is 0.361 e. The molecule has 22 heavy (non-hydrogen) atoms. The van der Waals surface area contributed by atoms with Crippen LogP contribution >= 0.6 is 0 Å². The van der Waals surface area contributed by atoms with Crippen molar-refractivity contribution in [3.63, 3.8) is 0 Å². The molecule has 3 rings (SSSR count). The second-order valence-corrected chi connectivity index (χ2v) is 6.54. The molecule has 0 radical (unpaired) electrons. The molecule has 1 N–H and O–H groups in total. The quantitative estimate of drug-likeness (QED) is 0.849. The van der Waals surface area contributed by atoms with Gasteiger partial charge in [0.15, 0.2) is 0 Å². The number of likely N-dealkylation sites (tertiary alicyclic amines) is 1. The summed E-state index contributed by atoms with van der Waals surface area (Å²) in [7, 11) is 0. The smallest absolute Gasteiger partial charge is 0.325 e. The molecule has 0 aromatic carbocycles. The highest BCUT2D eigenvalue weighted by Gasteiger charge is 2.55. The lowest BCUT2D eigenvalue weighted by molar-refractivity contribution is -0.132. The van der Waals surface area contributed by atoms with E-state index in [4.69, 9.17) is 4.52 Å². The SMILES string of the molecule is Cc1noc(C)c1CN1CCC2(C1)NC(=O)N(C(C)C)C2=O. The Kier molecular flexibility index (Phi) is 3.47. The first-order chi connectivity index (χ1) is 10.3. The Morgan fingerprint density at radius 2 is 2.09 bits per heavy atom. The van der Waals surface area contributed by atoms with Gasteiger partial charge in [0.2, 0.25) is 0 Å². The molecule has 1 unspecified atom stereocenters. The summed E-state index contributed by atoms with van der Waals surface area (Å²) in [6.45, 7) is 9.51. The Labute approximate surface area is 129 Å². The lowest BCUT2D eigenvalue weighted by Crippen LogP contribution is -2.49. The van der Waals surface area contributed by atoms with Crippen LogP contribution in [-0.4, -0.2) is 51.6 Å². The van der Waals surface area contributed by atoms with Crippen LogP contribution in [0.3, 0.4) is 0 Å². The van der Waals surface area contributed by atoms with Crippen LogP contribution in [0.5, 0.6) is 0 Å². The Balaban J connectivity index is 1.75. The summed E-state index contributed by atoms with van der Waals surface area (Å²) in [6.07, 6.45) is 0.643. The monoisotopic (exact) mass is 306 g/mol. The van der Waals surface area contributed by atoms with E-state index >= 15 is 0 Å². The molecule has 3 amide bonds. The number of imide groups is 1. The standard InChI is InChI=1S/C15H22N4O3/c1-9(2)19-13(20)15(16-14(19)21)5-6-18(8-15)7-12-10(3)17-22-11(12)4/h9H,5-8H2,1-4H3,(H,16,21). The number of hydrogen-bond donors (Lipinski definition) is 1. The number of hydrogen-bond acceptors (Lipinski definition) is 5. The Morgan fingerprint density at radius 1 is 1.36 bits per heavy atom.